The van der Waals surface area contributed by atoms with E-state index in [9.17, 15) is 9.90 Å². The molecular formula is C22H35N5O2. The third-order valence-electron chi connectivity index (χ3n) is 5.94. The normalized spacial score (nSPS) is 18.2. The molecule has 1 aromatic rings. The Balaban J connectivity index is 1.61. The van der Waals surface area contributed by atoms with Crippen molar-refractivity contribution in [1.82, 2.24) is 20.9 Å². The molecule has 1 aromatic carbocycles. The van der Waals surface area contributed by atoms with Crippen molar-refractivity contribution in [2.24, 2.45) is 4.99 Å². The highest BCUT2D eigenvalue weighted by Crippen LogP contribution is 2.31. The molecule has 7 nitrogen and oxygen atoms in total. The summed E-state index contributed by atoms with van der Waals surface area (Å²) >= 11 is 0. The molecule has 0 unspecified atom stereocenters. The van der Waals surface area contributed by atoms with E-state index in [1.54, 1.807) is 7.05 Å². The molecule has 1 aliphatic heterocycles. The quantitative estimate of drug-likeness (QED) is 0.429. The van der Waals surface area contributed by atoms with Gasteiger partial charge in [-0.15, -0.1) is 0 Å². The molecule has 3 rings (SSSR count). The number of aliphatic imine (C=N–C) groups is 1. The highest BCUT2D eigenvalue weighted by molar-refractivity contribution is 5.80. The van der Waals surface area contributed by atoms with E-state index < -0.39 is 0 Å². The summed E-state index contributed by atoms with van der Waals surface area (Å²) in [5.74, 6) is 1.22. The standard InChI is InChI=1S/C22H35N5O2/c1-3-24-22(26-17-10-12-27(13-11-17)15-21(29)23-2)25-14-19-18-7-5-4-6-16(18)8-9-20(19)28/h8-9,17,28H,3-7,10-15H2,1-2H3,(H,23,29)(H2,24,25,26). The molecule has 1 fully saturated rings. The number of hydrogen-bond donors (Lipinski definition) is 4. The number of guanidine groups is 1. The predicted octanol–water partition coefficient (Wildman–Crippen LogP) is 1.54. The summed E-state index contributed by atoms with van der Waals surface area (Å²) in [5.41, 5.74) is 3.62. The fraction of sp³-hybridized carbons (Fsp3) is 0.636. The van der Waals surface area contributed by atoms with E-state index in [1.807, 2.05) is 6.07 Å². The number of piperidine rings is 1. The van der Waals surface area contributed by atoms with Gasteiger partial charge >= 0.3 is 0 Å². The second-order valence-corrected chi connectivity index (χ2v) is 7.97. The van der Waals surface area contributed by atoms with E-state index in [4.69, 9.17) is 4.99 Å². The van der Waals surface area contributed by atoms with E-state index in [0.717, 1.165) is 56.8 Å². The molecule has 7 heteroatoms. The van der Waals surface area contributed by atoms with Gasteiger partial charge in [0.15, 0.2) is 5.96 Å². The lowest BCUT2D eigenvalue weighted by Crippen LogP contribution is -2.50. The van der Waals surface area contributed by atoms with E-state index >= 15 is 0 Å². The monoisotopic (exact) mass is 401 g/mol. The number of fused-ring (bicyclic) bond motifs is 1. The highest BCUT2D eigenvalue weighted by Gasteiger charge is 2.21. The summed E-state index contributed by atoms with van der Waals surface area (Å²) in [6.45, 7) is 5.61. The van der Waals surface area contributed by atoms with Crippen LogP contribution in [0.15, 0.2) is 17.1 Å². The van der Waals surface area contributed by atoms with E-state index in [-0.39, 0.29) is 5.91 Å². The molecule has 160 valence electrons. The average molecular weight is 402 g/mol. The Bertz CT molecular complexity index is 726. The first-order chi connectivity index (χ1) is 14.1. The van der Waals surface area contributed by atoms with Crippen molar-refractivity contribution in [2.45, 2.75) is 58.0 Å². The fourth-order valence-electron chi connectivity index (χ4n) is 4.26. The van der Waals surface area contributed by atoms with Crippen molar-refractivity contribution in [3.8, 4) is 5.75 Å². The highest BCUT2D eigenvalue weighted by atomic mass is 16.3. The van der Waals surface area contributed by atoms with Gasteiger partial charge in [0, 0.05) is 38.3 Å². The third kappa shape index (κ3) is 5.85. The summed E-state index contributed by atoms with van der Waals surface area (Å²) in [4.78, 5) is 18.5. The molecule has 0 spiro atoms. The molecular weight excluding hydrogens is 366 g/mol. The van der Waals surface area contributed by atoms with E-state index in [0.29, 0.717) is 24.9 Å². The van der Waals surface area contributed by atoms with Crippen molar-refractivity contribution < 1.29 is 9.90 Å². The average Bonchev–Trinajstić information content (AvgIpc) is 2.74. The second kappa shape index (κ2) is 10.5. The first-order valence-corrected chi connectivity index (χ1v) is 10.9. The van der Waals surface area contributed by atoms with Gasteiger partial charge in [0.1, 0.15) is 5.75 Å². The van der Waals surface area contributed by atoms with Crippen LogP contribution in [0.5, 0.6) is 5.75 Å². The van der Waals surface area contributed by atoms with Gasteiger partial charge < -0.3 is 21.1 Å². The molecule has 0 radical (unpaired) electrons. The number of likely N-dealkylation sites (N-methyl/N-ethyl adjacent to an activating group) is 1. The molecule has 29 heavy (non-hydrogen) atoms. The molecule has 4 N–H and O–H groups in total. The number of aryl methyl sites for hydroxylation is 1. The minimum Gasteiger partial charge on any atom is -0.508 e. The van der Waals surface area contributed by atoms with Gasteiger partial charge in [-0.25, -0.2) is 4.99 Å². The van der Waals surface area contributed by atoms with Gasteiger partial charge in [0.2, 0.25) is 5.91 Å². The molecule has 1 aliphatic carbocycles. The van der Waals surface area contributed by atoms with Crippen LogP contribution in [0.2, 0.25) is 0 Å². The second-order valence-electron chi connectivity index (χ2n) is 7.97. The van der Waals surface area contributed by atoms with Gasteiger partial charge in [-0.3, -0.25) is 9.69 Å². The number of aromatic hydroxyl groups is 1. The minimum absolute atomic E-state index is 0.0670. The molecule has 2 aliphatic rings. The molecule has 0 aromatic heterocycles. The number of nitrogens with one attached hydrogen (secondary N) is 3. The van der Waals surface area contributed by atoms with Crippen LogP contribution >= 0.6 is 0 Å². The van der Waals surface area contributed by atoms with Crippen molar-refractivity contribution in [3.63, 3.8) is 0 Å². The molecule has 1 saturated heterocycles. The first-order valence-electron chi connectivity index (χ1n) is 10.9. The topological polar surface area (TPSA) is 89.0 Å². The van der Waals surface area contributed by atoms with Gasteiger partial charge in [0.25, 0.3) is 0 Å². The van der Waals surface area contributed by atoms with Crippen LogP contribution in [0, 0.1) is 0 Å². The van der Waals surface area contributed by atoms with Crippen LogP contribution in [0.4, 0.5) is 0 Å². The van der Waals surface area contributed by atoms with Gasteiger partial charge in [0.05, 0.1) is 13.1 Å². The summed E-state index contributed by atoms with van der Waals surface area (Å²) in [6.07, 6.45) is 6.49. The Morgan fingerprint density at radius 3 is 2.72 bits per heavy atom. The number of phenols is 1. The summed E-state index contributed by atoms with van der Waals surface area (Å²) < 4.78 is 0. The van der Waals surface area contributed by atoms with Gasteiger partial charge in [-0.2, -0.15) is 0 Å². The molecule has 0 bridgehead atoms. The van der Waals surface area contributed by atoms with Crippen LogP contribution in [0.1, 0.15) is 49.3 Å². The SMILES string of the molecule is CCNC(=NCc1c(O)ccc2c1CCCC2)NC1CCN(CC(=O)NC)CC1. The lowest BCUT2D eigenvalue weighted by molar-refractivity contribution is -0.122. The smallest absolute Gasteiger partial charge is 0.233 e. The number of amides is 1. The van der Waals surface area contributed by atoms with Gasteiger partial charge in [-0.05, 0) is 62.6 Å². The number of carbonyl (C=O) groups is 1. The lowest BCUT2D eigenvalue weighted by Gasteiger charge is -2.32. The summed E-state index contributed by atoms with van der Waals surface area (Å²) in [7, 11) is 1.68. The number of hydrogen-bond acceptors (Lipinski definition) is 4. The Morgan fingerprint density at radius 2 is 2.00 bits per heavy atom. The first kappa shape index (κ1) is 21.4. The number of nitrogens with zero attached hydrogens (tertiary/aromatic N) is 2. The van der Waals surface area contributed by atoms with E-state index in [2.05, 4.69) is 33.8 Å². The maximum Gasteiger partial charge on any atom is 0.233 e. The third-order valence-corrected chi connectivity index (χ3v) is 5.94. The Labute approximate surface area is 174 Å². The Hall–Kier alpha value is -2.28. The Kier molecular flexibility index (Phi) is 7.75. The number of carbonyl (C=O) groups excluding carboxylic acids is 1. The van der Waals surface area contributed by atoms with Crippen LogP contribution in [-0.4, -0.2) is 61.1 Å². The zero-order chi connectivity index (χ0) is 20.6. The molecule has 1 amide bonds. The zero-order valence-corrected chi connectivity index (χ0v) is 17.8. The fourth-order valence-corrected chi connectivity index (χ4v) is 4.26. The largest absolute Gasteiger partial charge is 0.508 e. The number of likely N-dealkylation sites (tertiary alicyclic amines) is 1. The summed E-state index contributed by atoms with van der Waals surface area (Å²) in [6, 6.07) is 4.22. The van der Waals surface area contributed by atoms with Crippen molar-refractivity contribution >= 4 is 11.9 Å². The van der Waals surface area contributed by atoms with E-state index in [1.165, 1.54) is 24.0 Å². The number of rotatable bonds is 6. The molecule has 0 saturated carbocycles. The van der Waals surface area contributed by atoms with Crippen molar-refractivity contribution in [3.05, 3.63) is 28.8 Å². The molecule has 0 atom stereocenters. The lowest BCUT2D eigenvalue weighted by atomic mass is 9.88. The van der Waals surface area contributed by atoms with Crippen LogP contribution < -0.4 is 16.0 Å². The molecule has 1 heterocycles. The maximum absolute atomic E-state index is 11.6. The van der Waals surface area contributed by atoms with Crippen LogP contribution in [0.25, 0.3) is 0 Å². The maximum atomic E-state index is 11.6. The number of benzene rings is 1. The van der Waals surface area contributed by atoms with Crippen molar-refractivity contribution in [1.29, 1.82) is 0 Å². The zero-order valence-electron chi connectivity index (χ0n) is 17.8. The predicted molar refractivity (Wildman–Crippen MR) is 116 cm³/mol. The van der Waals surface area contributed by atoms with Crippen LogP contribution in [0.3, 0.4) is 0 Å². The minimum atomic E-state index is 0.0670. The Morgan fingerprint density at radius 1 is 1.24 bits per heavy atom. The van der Waals surface area contributed by atoms with Crippen LogP contribution in [-0.2, 0) is 24.2 Å². The van der Waals surface area contributed by atoms with Crippen molar-refractivity contribution in [2.75, 3.05) is 33.2 Å². The number of phenolic OH excluding ortho intramolecular Hbond substituents is 1. The van der Waals surface area contributed by atoms with Gasteiger partial charge in [-0.1, -0.05) is 6.07 Å². The summed E-state index contributed by atoms with van der Waals surface area (Å²) in [5, 5.41) is 20.0.